The SMILES string of the molecule is CNc1c(C)ccc(C(C)(C)C(C)=O)c1C#N. The molecule has 90 valence electrons. The highest BCUT2D eigenvalue weighted by Crippen LogP contribution is 2.32. The Morgan fingerprint density at radius 3 is 2.41 bits per heavy atom. The Hall–Kier alpha value is -1.82. The summed E-state index contributed by atoms with van der Waals surface area (Å²) >= 11 is 0. The Morgan fingerprint density at radius 2 is 2.00 bits per heavy atom. The molecule has 0 bridgehead atoms. The first-order chi connectivity index (χ1) is 7.86. The summed E-state index contributed by atoms with van der Waals surface area (Å²) in [6, 6.07) is 6.01. The highest BCUT2D eigenvalue weighted by atomic mass is 16.1. The number of anilines is 1. The minimum atomic E-state index is -0.635. The second-order valence-electron chi connectivity index (χ2n) is 4.72. The number of rotatable bonds is 3. The van der Waals surface area contributed by atoms with Gasteiger partial charge in [0.05, 0.1) is 11.3 Å². The van der Waals surface area contributed by atoms with Crippen LogP contribution in [0, 0.1) is 18.3 Å². The van der Waals surface area contributed by atoms with Crippen molar-refractivity contribution in [3.05, 3.63) is 28.8 Å². The molecule has 1 aromatic rings. The van der Waals surface area contributed by atoms with E-state index in [9.17, 15) is 10.1 Å². The summed E-state index contributed by atoms with van der Waals surface area (Å²) < 4.78 is 0. The van der Waals surface area contributed by atoms with Crippen molar-refractivity contribution in [1.82, 2.24) is 0 Å². The van der Waals surface area contributed by atoms with Crippen molar-refractivity contribution in [1.29, 1.82) is 5.26 Å². The van der Waals surface area contributed by atoms with Gasteiger partial charge in [0.2, 0.25) is 0 Å². The third-order valence-electron chi connectivity index (χ3n) is 3.33. The lowest BCUT2D eigenvalue weighted by atomic mass is 9.78. The summed E-state index contributed by atoms with van der Waals surface area (Å²) in [4.78, 5) is 11.7. The number of benzene rings is 1. The molecule has 0 radical (unpaired) electrons. The van der Waals surface area contributed by atoms with Crippen molar-refractivity contribution in [2.75, 3.05) is 12.4 Å². The molecule has 0 aliphatic carbocycles. The smallest absolute Gasteiger partial charge is 0.139 e. The lowest BCUT2D eigenvalue weighted by Crippen LogP contribution is -2.28. The average Bonchev–Trinajstić information content (AvgIpc) is 2.27. The van der Waals surface area contributed by atoms with E-state index in [1.54, 1.807) is 14.0 Å². The molecule has 0 aliphatic heterocycles. The standard InChI is InChI=1S/C14H18N2O/c1-9-6-7-12(14(3,4)10(2)17)11(8-15)13(9)16-5/h6-7,16H,1-5H3. The van der Waals surface area contributed by atoms with Crippen molar-refractivity contribution in [2.24, 2.45) is 0 Å². The summed E-state index contributed by atoms with van der Waals surface area (Å²) in [5.41, 5.74) is 2.52. The van der Waals surface area contributed by atoms with Crippen molar-refractivity contribution in [3.63, 3.8) is 0 Å². The minimum Gasteiger partial charge on any atom is -0.387 e. The molecule has 3 heteroatoms. The number of ketones is 1. The molecule has 17 heavy (non-hydrogen) atoms. The van der Waals surface area contributed by atoms with E-state index in [-0.39, 0.29) is 5.78 Å². The van der Waals surface area contributed by atoms with Crippen LogP contribution in [-0.2, 0) is 10.2 Å². The molecule has 0 aliphatic rings. The quantitative estimate of drug-likeness (QED) is 0.868. The predicted octanol–water partition coefficient (Wildman–Crippen LogP) is 2.78. The molecule has 1 aromatic carbocycles. The Labute approximate surface area is 102 Å². The fraction of sp³-hybridized carbons (Fsp3) is 0.429. The number of aryl methyl sites for hydroxylation is 1. The maximum Gasteiger partial charge on any atom is 0.139 e. The molecule has 0 saturated heterocycles. The highest BCUT2D eigenvalue weighted by molar-refractivity contribution is 5.88. The average molecular weight is 230 g/mol. The molecule has 0 atom stereocenters. The minimum absolute atomic E-state index is 0.0555. The zero-order valence-corrected chi connectivity index (χ0v) is 11.0. The van der Waals surface area contributed by atoms with Crippen molar-refractivity contribution in [3.8, 4) is 6.07 Å². The normalized spacial score (nSPS) is 10.8. The molecule has 0 heterocycles. The third-order valence-corrected chi connectivity index (χ3v) is 3.33. The monoisotopic (exact) mass is 230 g/mol. The van der Waals surface area contributed by atoms with E-state index in [1.807, 2.05) is 32.9 Å². The Bertz CT molecular complexity index is 496. The first-order valence-electron chi connectivity index (χ1n) is 5.59. The largest absolute Gasteiger partial charge is 0.387 e. The van der Waals surface area contributed by atoms with E-state index >= 15 is 0 Å². The van der Waals surface area contributed by atoms with Gasteiger partial charge >= 0.3 is 0 Å². The molecule has 0 spiro atoms. The van der Waals surface area contributed by atoms with Crippen LogP contribution in [0.2, 0.25) is 0 Å². The Balaban J connectivity index is 3.58. The topological polar surface area (TPSA) is 52.9 Å². The first kappa shape index (κ1) is 13.2. The summed E-state index contributed by atoms with van der Waals surface area (Å²) in [5, 5.41) is 12.3. The second-order valence-corrected chi connectivity index (χ2v) is 4.72. The van der Waals surface area contributed by atoms with Crippen LogP contribution in [0.15, 0.2) is 12.1 Å². The number of carbonyl (C=O) groups is 1. The lowest BCUT2D eigenvalue weighted by Gasteiger charge is -2.24. The first-order valence-corrected chi connectivity index (χ1v) is 5.59. The number of nitrogens with one attached hydrogen (secondary N) is 1. The number of nitrogens with zero attached hydrogens (tertiary/aromatic N) is 1. The van der Waals surface area contributed by atoms with Gasteiger partial charge in [-0.3, -0.25) is 4.79 Å². The van der Waals surface area contributed by atoms with Crippen molar-refractivity contribution in [2.45, 2.75) is 33.1 Å². The predicted molar refractivity (Wildman–Crippen MR) is 69.1 cm³/mol. The molecule has 0 saturated carbocycles. The molecule has 1 rings (SSSR count). The molecular weight excluding hydrogens is 212 g/mol. The molecule has 0 fully saturated rings. The number of nitriles is 1. The van der Waals surface area contributed by atoms with Gasteiger partial charge in [-0.2, -0.15) is 5.26 Å². The van der Waals surface area contributed by atoms with Gasteiger partial charge in [0.1, 0.15) is 11.9 Å². The summed E-state index contributed by atoms with van der Waals surface area (Å²) in [7, 11) is 1.79. The van der Waals surface area contributed by atoms with E-state index in [1.165, 1.54) is 0 Å². The van der Waals surface area contributed by atoms with Crippen LogP contribution in [-0.4, -0.2) is 12.8 Å². The molecular formula is C14H18N2O. The van der Waals surface area contributed by atoms with Gasteiger partial charge < -0.3 is 5.32 Å². The molecule has 0 unspecified atom stereocenters. The van der Waals surface area contributed by atoms with E-state index in [0.29, 0.717) is 5.56 Å². The maximum absolute atomic E-state index is 11.7. The summed E-state index contributed by atoms with van der Waals surface area (Å²) in [6.07, 6.45) is 0. The zero-order valence-electron chi connectivity index (χ0n) is 11.0. The van der Waals surface area contributed by atoms with Gasteiger partial charge in [-0.25, -0.2) is 0 Å². The Morgan fingerprint density at radius 1 is 1.41 bits per heavy atom. The van der Waals surface area contributed by atoms with Gasteiger partial charge in [0.15, 0.2) is 0 Å². The van der Waals surface area contributed by atoms with E-state index in [2.05, 4.69) is 11.4 Å². The maximum atomic E-state index is 11.7. The van der Waals surface area contributed by atoms with E-state index in [4.69, 9.17) is 0 Å². The van der Waals surface area contributed by atoms with Gasteiger partial charge in [-0.1, -0.05) is 12.1 Å². The Kier molecular flexibility index (Phi) is 3.57. The summed E-state index contributed by atoms with van der Waals surface area (Å²) in [5.74, 6) is 0.0555. The van der Waals surface area contributed by atoms with Crippen LogP contribution in [0.4, 0.5) is 5.69 Å². The van der Waals surface area contributed by atoms with Crippen LogP contribution in [0.3, 0.4) is 0 Å². The van der Waals surface area contributed by atoms with Crippen LogP contribution in [0.1, 0.15) is 37.5 Å². The fourth-order valence-corrected chi connectivity index (χ4v) is 1.86. The lowest BCUT2D eigenvalue weighted by molar-refractivity contribution is -0.121. The van der Waals surface area contributed by atoms with Gasteiger partial charge in [0.25, 0.3) is 0 Å². The molecule has 0 amide bonds. The van der Waals surface area contributed by atoms with Gasteiger partial charge in [0, 0.05) is 12.5 Å². The van der Waals surface area contributed by atoms with Crippen LogP contribution in [0.25, 0.3) is 0 Å². The van der Waals surface area contributed by atoms with E-state index < -0.39 is 5.41 Å². The fourth-order valence-electron chi connectivity index (χ4n) is 1.86. The molecule has 1 N–H and O–H groups in total. The number of hydrogen-bond donors (Lipinski definition) is 1. The number of carbonyl (C=O) groups excluding carboxylic acids is 1. The van der Waals surface area contributed by atoms with E-state index in [0.717, 1.165) is 16.8 Å². The highest BCUT2D eigenvalue weighted by Gasteiger charge is 2.30. The number of Topliss-reactive ketones (excluding diaryl/α,β-unsaturated/α-hetero) is 1. The van der Waals surface area contributed by atoms with Crippen LogP contribution in [0.5, 0.6) is 0 Å². The second kappa shape index (κ2) is 4.58. The molecule has 3 nitrogen and oxygen atoms in total. The van der Waals surface area contributed by atoms with Crippen LogP contribution < -0.4 is 5.32 Å². The van der Waals surface area contributed by atoms with Crippen molar-refractivity contribution >= 4 is 11.5 Å². The van der Waals surface area contributed by atoms with Gasteiger partial charge in [-0.05, 0) is 38.8 Å². The zero-order chi connectivity index (χ0) is 13.2. The molecule has 0 aromatic heterocycles. The number of hydrogen-bond acceptors (Lipinski definition) is 3. The summed E-state index contributed by atoms with van der Waals surface area (Å²) in [6.45, 7) is 7.19. The van der Waals surface area contributed by atoms with Crippen molar-refractivity contribution < 1.29 is 4.79 Å². The third kappa shape index (κ3) is 2.16. The van der Waals surface area contributed by atoms with Gasteiger partial charge in [-0.15, -0.1) is 0 Å². The van der Waals surface area contributed by atoms with Crippen LogP contribution >= 0.6 is 0 Å².